The third-order valence-electron chi connectivity index (χ3n) is 9.97. The number of hydrogen-bond acceptors (Lipinski definition) is 10. The molecule has 3 aromatic rings. The minimum Gasteiger partial charge on any atom is -0.468 e. The van der Waals surface area contributed by atoms with Crippen LogP contribution in [0.5, 0.6) is 0 Å². The molecule has 12 heteroatoms. The van der Waals surface area contributed by atoms with Crippen molar-refractivity contribution in [2.24, 2.45) is 10.8 Å². The number of methoxy groups -OCH3 is 2. The second-order valence-electron chi connectivity index (χ2n) is 12.8. The van der Waals surface area contributed by atoms with Crippen LogP contribution in [0.1, 0.15) is 57.1 Å². The Morgan fingerprint density at radius 2 is 0.917 bits per heavy atom. The topological polar surface area (TPSA) is 168 Å². The summed E-state index contributed by atoms with van der Waals surface area (Å²) in [6, 6.07) is 24.4. The molecule has 0 bridgehead atoms. The Bertz CT molecular complexity index is 1900. The molecule has 0 aromatic heterocycles. The molecule has 250 valence electrons. The van der Waals surface area contributed by atoms with E-state index >= 15 is 0 Å². The summed E-state index contributed by atoms with van der Waals surface area (Å²) in [6.07, 6.45) is 0. The number of nitriles is 2. The highest BCUT2D eigenvalue weighted by molar-refractivity contribution is 7.91. The minimum atomic E-state index is -3.84. The molecule has 2 saturated heterocycles. The van der Waals surface area contributed by atoms with E-state index in [0.717, 1.165) is 25.3 Å². The summed E-state index contributed by atoms with van der Waals surface area (Å²) in [4.78, 5) is 27.4. The first-order valence-corrected chi connectivity index (χ1v) is 19.0. The van der Waals surface area contributed by atoms with E-state index in [2.05, 4.69) is 12.1 Å². The van der Waals surface area contributed by atoms with Gasteiger partial charge < -0.3 is 9.47 Å². The summed E-state index contributed by atoms with van der Waals surface area (Å²) in [7, 11) is -5.40. The van der Waals surface area contributed by atoms with Crippen molar-refractivity contribution in [3.63, 3.8) is 0 Å². The van der Waals surface area contributed by atoms with Crippen LogP contribution >= 0.6 is 0 Å². The molecule has 48 heavy (non-hydrogen) atoms. The fourth-order valence-electron chi connectivity index (χ4n) is 7.50. The van der Waals surface area contributed by atoms with Crippen molar-refractivity contribution >= 4 is 31.6 Å². The van der Waals surface area contributed by atoms with Crippen LogP contribution in [0.15, 0.2) is 72.8 Å². The van der Waals surface area contributed by atoms with Crippen molar-refractivity contribution in [1.82, 2.24) is 0 Å². The Morgan fingerprint density at radius 3 is 1.21 bits per heavy atom. The van der Waals surface area contributed by atoms with Gasteiger partial charge in [0.05, 0.1) is 49.4 Å². The smallest absolute Gasteiger partial charge is 0.327 e. The summed E-state index contributed by atoms with van der Waals surface area (Å²) < 4.78 is 64.5. The first-order valence-electron chi connectivity index (χ1n) is 15.3. The number of carbonyl (C=O) groups excluding carboxylic acids is 2. The van der Waals surface area contributed by atoms with E-state index in [4.69, 9.17) is 9.47 Å². The average molecular weight is 689 g/mol. The van der Waals surface area contributed by atoms with Gasteiger partial charge in [-0.1, -0.05) is 83.9 Å². The van der Waals surface area contributed by atoms with Gasteiger partial charge in [0.15, 0.2) is 30.5 Å². The van der Waals surface area contributed by atoms with Crippen LogP contribution < -0.4 is 0 Å². The summed E-state index contributed by atoms with van der Waals surface area (Å²) in [5, 5.41) is 21.6. The first kappa shape index (κ1) is 34.8. The highest BCUT2D eigenvalue weighted by atomic mass is 32.2. The molecule has 0 amide bonds. The van der Waals surface area contributed by atoms with Gasteiger partial charge in [0, 0.05) is 23.7 Å². The monoisotopic (exact) mass is 688 g/mol. The Labute approximate surface area is 281 Å². The zero-order valence-corrected chi connectivity index (χ0v) is 28.7. The molecule has 0 radical (unpaired) electrons. The molecule has 2 heterocycles. The van der Waals surface area contributed by atoms with E-state index < -0.39 is 89.1 Å². The number of esters is 2. The van der Waals surface area contributed by atoms with Crippen LogP contribution in [0, 0.1) is 47.3 Å². The maximum absolute atomic E-state index is 13.7. The molecule has 2 fully saturated rings. The second kappa shape index (κ2) is 12.8. The molecule has 10 nitrogen and oxygen atoms in total. The van der Waals surface area contributed by atoms with Gasteiger partial charge in [0.1, 0.15) is 0 Å². The molecule has 5 rings (SSSR count). The molecule has 2 aliphatic rings. The SMILES string of the molecule is COC(=O)C1(C#N)C(c2ccc(C)cc2)CS(=O)(=O)CC1c1cccc(C2CS(=O)(=O)CC(c3ccc(C)cc3)C2(C#N)C(=O)OC)c1. The van der Waals surface area contributed by atoms with Gasteiger partial charge in [0.25, 0.3) is 0 Å². The number of rotatable bonds is 6. The molecular formula is C36H36N2O8S2. The Kier molecular flexibility index (Phi) is 9.30. The van der Waals surface area contributed by atoms with Crippen LogP contribution in [0.2, 0.25) is 0 Å². The zero-order valence-electron chi connectivity index (χ0n) is 27.0. The standard InChI is InChI=1S/C36H36N2O8S2/c1-23-8-12-25(13-9-23)29-17-47(41,42)19-31(35(29,21-37)33(39)45-3)27-6-5-7-28(16-27)32-20-48(43,44)18-30(26-14-10-24(2)11-15-26)36(32,22-38)34(40)46-4/h5-16,29-32H,17-20H2,1-4H3. The van der Waals surface area contributed by atoms with Crippen molar-refractivity contribution in [2.45, 2.75) is 37.5 Å². The Morgan fingerprint density at radius 1 is 0.604 bits per heavy atom. The molecular weight excluding hydrogens is 653 g/mol. The van der Waals surface area contributed by atoms with Crippen LogP contribution in [0.3, 0.4) is 0 Å². The highest BCUT2D eigenvalue weighted by Crippen LogP contribution is 2.55. The summed E-state index contributed by atoms with van der Waals surface area (Å²) in [6.45, 7) is 3.72. The summed E-state index contributed by atoms with van der Waals surface area (Å²) in [5.41, 5.74) is -0.688. The number of ether oxygens (including phenoxy) is 2. The number of benzene rings is 3. The van der Waals surface area contributed by atoms with Crippen molar-refractivity contribution in [3.05, 3.63) is 106 Å². The van der Waals surface area contributed by atoms with E-state index in [0.29, 0.717) is 11.1 Å². The van der Waals surface area contributed by atoms with Gasteiger partial charge in [-0.25, -0.2) is 16.8 Å². The van der Waals surface area contributed by atoms with E-state index in [1.165, 1.54) is 6.07 Å². The van der Waals surface area contributed by atoms with Gasteiger partial charge >= 0.3 is 11.9 Å². The minimum absolute atomic E-state index is 0.256. The molecule has 0 aliphatic carbocycles. The van der Waals surface area contributed by atoms with Gasteiger partial charge in [-0.3, -0.25) is 9.59 Å². The Hall–Kier alpha value is -4.52. The molecule has 0 saturated carbocycles. The van der Waals surface area contributed by atoms with Crippen molar-refractivity contribution < 1.29 is 35.9 Å². The Balaban J connectivity index is 1.73. The van der Waals surface area contributed by atoms with E-state index in [9.17, 15) is 36.9 Å². The van der Waals surface area contributed by atoms with Crippen LogP contribution in [-0.2, 0) is 38.7 Å². The van der Waals surface area contributed by atoms with Crippen LogP contribution in [-0.4, -0.2) is 66.0 Å². The number of hydrogen-bond donors (Lipinski definition) is 0. The normalized spacial score (nSPS) is 29.0. The van der Waals surface area contributed by atoms with Gasteiger partial charge in [0.2, 0.25) is 0 Å². The fourth-order valence-corrected chi connectivity index (χ4v) is 11.6. The third-order valence-corrected chi connectivity index (χ3v) is 13.3. The van der Waals surface area contributed by atoms with Crippen LogP contribution in [0.4, 0.5) is 0 Å². The second-order valence-corrected chi connectivity index (χ2v) is 17.1. The largest absolute Gasteiger partial charge is 0.468 e. The zero-order chi connectivity index (χ0) is 35.1. The number of aryl methyl sites for hydroxylation is 2. The van der Waals surface area contributed by atoms with E-state index in [-0.39, 0.29) is 11.1 Å². The van der Waals surface area contributed by atoms with Gasteiger partial charge in [-0.2, -0.15) is 10.5 Å². The maximum Gasteiger partial charge on any atom is 0.327 e. The molecule has 0 N–H and O–H groups in total. The van der Waals surface area contributed by atoms with Crippen LogP contribution in [0.25, 0.3) is 0 Å². The fraction of sp³-hybridized carbons (Fsp3) is 0.389. The van der Waals surface area contributed by atoms with Crippen molar-refractivity contribution in [3.8, 4) is 12.1 Å². The van der Waals surface area contributed by atoms with Gasteiger partial charge in [-0.05, 0) is 36.1 Å². The predicted octanol–water partition coefficient (Wildman–Crippen LogP) is 4.26. The molecule has 2 aliphatic heterocycles. The van der Waals surface area contributed by atoms with E-state index in [1.54, 1.807) is 66.7 Å². The number of carbonyl (C=O) groups is 2. The third kappa shape index (κ3) is 5.88. The molecule has 6 atom stereocenters. The quantitative estimate of drug-likeness (QED) is 0.341. The van der Waals surface area contributed by atoms with Crippen molar-refractivity contribution in [1.29, 1.82) is 10.5 Å². The number of nitrogens with zero attached hydrogens (tertiary/aromatic N) is 2. The average Bonchev–Trinajstić information content (AvgIpc) is 3.07. The predicted molar refractivity (Wildman–Crippen MR) is 177 cm³/mol. The van der Waals surface area contributed by atoms with E-state index in [1.807, 2.05) is 13.8 Å². The summed E-state index contributed by atoms with van der Waals surface area (Å²) in [5.74, 6) is -8.49. The van der Waals surface area contributed by atoms with Crippen molar-refractivity contribution in [2.75, 3.05) is 37.2 Å². The van der Waals surface area contributed by atoms with Gasteiger partial charge in [-0.15, -0.1) is 0 Å². The lowest BCUT2D eigenvalue weighted by molar-refractivity contribution is -0.152. The highest BCUT2D eigenvalue weighted by Gasteiger charge is 2.62. The lowest BCUT2D eigenvalue weighted by Crippen LogP contribution is -2.52. The molecule has 6 unspecified atom stereocenters. The summed E-state index contributed by atoms with van der Waals surface area (Å²) >= 11 is 0. The number of sulfone groups is 2. The maximum atomic E-state index is 13.7. The lowest BCUT2D eigenvalue weighted by atomic mass is 9.62. The molecule has 3 aromatic carbocycles. The first-order chi connectivity index (χ1) is 22.7. The lowest BCUT2D eigenvalue weighted by Gasteiger charge is -2.44. The molecule has 0 spiro atoms.